The lowest BCUT2D eigenvalue weighted by Gasteiger charge is -2.40. The molecule has 0 aromatic heterocycles. The van der Waals surface area contributed by atoms with Crippen LogP contribution in [-0.2, 0) is 23.9 Å². The summed E-state index contributed by atoms with van der Waals surface area (Å²) in [7, 11) is 0. The summed E-state index contributed by atoms with van der Waals surface area (Å²) in [6.45, 7) is 7.77. The number of amides is 2. The first-order valence-corrected chi connectivity index (χ1v) is 15.2. The normalized spacial score (nSPS) is 30.6. The first kappa shape index (κ1) is 29.1. The highest BCUT2D eigenvalue weighted by Crippen LogP contribution is 2.58. The number of ether oxygens (including phenoxy) is 2. The van der Waals surface area contributed by atoms with Gasteiger partial charge in [0, 0.05) is 31.0 Å². The number of carbonyl (C=O) groups is 3. The lowest BCUT2D eigenvalue weighted by atomic mass is 9.74. The molecule has 0 bridgehead atoms. The van der Waals surface area contributed by atoms with Gasteiger partial charge in [-0.15, -0.1) is 0 Å². The second kappa shape index (κ2) is 11.3. The van der Waals surface area contributed by atoms with Crippen LogP contribution in [0.3, 0.4) is 0 Å². The van der Waals surface area contributed by atoms with Gasteiger partial charge < -0.3 is 29.3 Å². The van der Waals surface area contributed by atoms with E-state index >= 15 is 0 Å². The highest BCUT2D eigenvalue weighted by atomic mass is 16.6. The highest BCUT2D eigenvalue weighted by Gasteiger charge is 2.75. The molecular formula is C34H39N3O6. The Labute approximate surface area is 252 Å². The van der Waals surface area contributed by atoms with E-state index in [1.54, 1.807) is 17.9 Å². The molecule has 4 aliphatic heterocycles. The quantitative estimate of drug-likeness (QED) is 0.391. The number of hydrogen-bond donors (Lipinski definition) is 1. The second-order valence-electron chi connectivity index (χ2n) is 11.8. The summed E-state index contributed by atoms with van der Waals surface area (Å²) in [5.74, 6) is -3.24. The molecule has 1 unspecified atom stereocenters. The fourth-order valence-electron chi connectivity index (χ4n) is 7.46. The van der Waals surface area contributed by atoms with E-state index in [9.17, 15) is 19.5 Å². The highest BCUT2D eigenvalue weighted by molar-refractivity contribution is 6.06. The standard InChI is InChI=1S/C34H39N3O6/c1-4-35(5-2)24-14-16-25(17-15-24)36-20-11-19-34-27(28-32(41)42-21-10-9-18-33(28,3)43-34)30(39)37(29(34)31(36)40)26(22-38)23-12-7-6-8-13-23/h6-9,11-19,26-29,38H,4-5,10,20-22H2,1-3H3/t26-,27+,28+,29?,33-,34+/m1/s1. The van der Waals surface area contributed by atoms with Crippen LogP contribution >= 0.6 is 0 Å². The number of nitrogens with zero attached hydrogens (tertiary/aromatic N) is 3. The van der Waals surface area contributed by atoms with Crippen molar-refractivity contribution >= 4 is 29.2 Å². The molecule has 1 spiro atoms. The van der Waals surface area contributed by atoms with Crippen molar-refractivity contribution in [1.29, 1.82) is 0 Å². The average molecular weight is 586 g/mol. The Morgan fingerprint density at radius 2 is 1.67 bits per heavy atom. The van der Waals surface area contributed by atoms with Crippen molar-refractivity contribution < 1.29 is 29.0 Å². The van der Waals surface area contributed by atoms with Gasteiger partial charge in [0.25, 0.3) is 5.91 Å². The third kappa shape index (κ3) is 4.57. The molecule has 2 aromatic carbocycles. The Balaban J connectivity index is 1.48. The lowest BCUT2D eigenvalue weighted by Crippen LogP contribution is -2.57. The number of likely N-dealkylation sites (tertiary alicyclic amines) is 1. The van der Waals surface area contributed by atoms with Crippen LogP contribution in [0.25, 0.3) is 0 Å². The van der Waals surface area contributed by atoms with Crippen molar-refractivity contribution in [3.63, 3.8) is 0 Å². The molecule has 9 nitrogen and oxygen atoms in total. The van der Waals surface area contributed by atoms with E-state index in [0.29, 0.717) is 17.7 Å². The summed E-state index contributed by atoms with van der Waals surface area (Å²) < 4.78 is 12.4. The van der Waals surface area contributed by atoms with Crippen molar-refractivity contribution in [1.82, 2.24) is 4.90 Å². The van der Waals surface area contributed by atoms with E-state index in [4.69, 9.17) is 9.47 Å². The minimum Gasteiger partial charge on any atom is -0.465 e. The van der Waals surface area contributed by atoms with Gasteiger partial charge in [0.05, 0.1) is 30.8 Å². The number of esters is 1. The summed E-state index contributed by atoms with van der Waals surface area (Å²) in [5, 5.41) is 10.7. The Morgan fingerprint density at radius 3 is 2.35 bits per heavy atom. The Hall–Kier alpha value is -3.95. The number of hydrogen-bond acceptors (Lipinski definition) is 7. The van der Waals surface area contributed by atoms with Gasteiger partial charge in [0.2, 0.25) is 5.91 Å². The van der Waals surface area contributed by atoms with Gasteiger partial charge in [0.15, 0.2) is 0 Å². The number of rotatable bonds is 7. The summed E-state index contributed by atoms with van der Waals surface area (Å²) in [5.41, 5.74) is -0.173. The number of benzene rings is 2. The molecule has 2 amide bonds. The minimum atomic E-state index is -1.45. The fraction of sp³-hybridized carbons (Fsp3) is 0.441. The van der Waals surface area contributed by atoms with Crippen molar-refractivity contribution in [3.8, 4) is 0 Å². The lowest BCUT2D eigenvalue weighted by molar-refractivity contribution is -0.160. The van der Waals surface area contributed by atoms with Crippen LogP contribution in [0.2, 0.25) is 0 Å². The molecular weight excluding hydrogens is 546 g/mol. The van der Waals surface area contributed by atoms with E-state index in [1.165, 1.54) is 4.90 Å². The summed E-state index contributed by atoms with van der Waals surface area (Å²) in [6.07, 6.45) is 7.94. The molecule has 4 heterocycles. The smallest absolute Gasteiger partial charge is 0.313 e. The SMILES string of the molecule is CCN(CC)c1ccc(N2CC=C[C@]34O[C@]5(C)C=CCCOC(=O)[C@@H]5[C@H]3C(=O)N([C@H](CO)c3ccccc3)C4C2=O)cc1. The summed E-state index contributed by atoms with van der Waals surface area (Å²) in [4.78, 5) is 48.3. The third-order valence-electron chi connectivity index (χ3n) is 9.44. The number of aliphatic hydroxyl groups is 1. The second-order valence-corrected chi connectivity index (χ2v) is 11.8. The van der Waals surface area contributed by atoms with Crippen LogP contribution < -0.4 is 9.80 Å². The predicted octanol–water partition coefficient (Wildman–Crippen LogP) is 3.64. The predicted molar refractivity (Wildman–Crippen MR) is 162 cm³/mol. The Bertz CT molecular complexity index is 1440. The topological polar surface area (TPSA) is 99.6 Å². The van der Waals surface area contributed by atoms with Crippen LogP contribution in [0, 0.1) is 11.8 Å². The molecule has 6 rings (SSSR count). The molecule has 1 N–H and O–H groups in total. The van der Waals surface area contributed by atoms with Gasteiger partial charge in [-0.3, -0.25) is 14.4 Å². The zero-order valence-electron chi connectivity index (χ0n) is 24.9. The number of cyclic esters (lactones) is 1. The molecule has 0 aliphatic carbocycles. The van der Waals surface area contributed by atoms with E-state index in [2.05, 4.69) is 18.7 Å². The van der Waals surface area contributed by atoms with Crippen molar-refractivity contribution in [2.45, 2.75) is 50.5 Å². The number of fused-ring (bicyclic) bond motifs is 2. The van der Waals surface area contributed by atoms with Gasteiger partial charge in [-0.25, -0.2) is 0 Å². The van der Waals surface area contributed by atoms with Crippen LogP contribution in [0.4, 0.5) is 11.4 Å². The van der Waals surface area contributed by atoms with E-state index < -0.39 is 53.6 Å². The monoisotopic (exact) mass is 585 g/mol. The van der Waals surface area contributed by atoms with E-state index in [0.717, 1.165) is 18.8 Å². The maximum absolute atomic E-state index is 14.8. The number of carbonyl (C=O) groups excluding carboxylic acids is 3. The largest absolute Gasteiger partial charge is 0.465 e. The number of anilines is 2. The Kier molecular flexibility index (Phi) is 7.64. The number of aliphatic hydroxyl groups excluding tert-OH is 1. The molecule has 2 aromatic rings. The molecule has 2 fully saturated rings. The Morgan fingerprint density at radius 1 is 0.953 bits per heavy atom. The maximum atomic E-state index is 14.8. The zero-order chi connectivity index (χ0) is 30.4. The van der Waals surface area contributed by atoms with Gasteiger partial charge in [0.1, 0.15) is 17.6 Å². The average Bonchev–Trinajstić information content (AvgIpc) is 3.33. The van der Waals surface area contributed by atoms with Gasteiger partial charge in [-0.05, 0) is 57.0 Å². The molecule has 2 saturated heterocycles. The fourth-order valence-corrected chi connectivity index (χ4v) is 7.46. The van der Waals surface area contributed by atoms with Crippen LogP contribution in [0.1, 0.15) is 38.8 Å². The molecule has 4 aliphatic rings. The minimum absolute atomic E-state index is 0.207. The molecule has 0 saturated carbocycles. The molecule has 226 valence electrons. The summed E-state index contributed by atoms with van der Waals surface area (Å²) >= 11 is 0. The van der Waals surface area contributed by atoms with Gasteiger partial charge in [-0.1, -0.05) is 54.6 Å². The zero-order valence-corrected chi connectivity index (χ0v) is 24.9. The van der Waals surface area contributed by atoms with Gasteiger partial charge >= 0.3 is 5.97 Å². The van der Waals surface area contributed by atoms with Crippen LogP contribution in [-0.4, -0.2) is 77.9 Å². The molecule has 43 heavy (non-hydrogen) atoms. The van der Waals surface area contributed by atoms with Crippen LogP contribution in [0.5, 0.6) is 0 Å². The first-order chi connectivity index (χ1) is 20.8. The molecule has 9 heteroatoms. The van der Waals surface area contributed by atoms with Crippen molar-refractivity contribution in [2.24, 2.45) is 11.8 Å². The third-order valence-corrected chi connectivity index (χ3v) is 9.44. The maximum Gasteiger partial charge on any atom is 0.313 e. The van der Waals surface area contributed by atoms with E-state index in [1.807, 2.05) is 72.8 Å². The molecule has 6 atom stereocenters. The van der Waals surface area contributed by atoms with Crippen LogP contribution in [0.15, 0.2) is 78.9 Å². The van der Waals surface area contributed by atoms with Crippen molar-refractivity contribution in [2.75, 3.05) is 42.6 Å². The van der Waals surface area contributed by atoms with Crippen molar-refractivity contribution in [3.05, 3.63) is 84.5 Å². The summed E-state index contributed by atoms with van der Waals surface area (Å²) in [6, 6.07) is 15.1. The van der Waals surface area contributed by atoms with Gasteiger partial charge in [-0.2, -0.15) is 0 Å². The van der Waals surface area contributed by atoms with E-state index in [-0.39, 0.29) is 19.1 Å². The first-order valence-electron chi connectivity index (χ1n) is 15.2. The molecule has 0 radical (unpaired) electrons.